The zero-order valence-corrected chi connectivity index (χ0v) is 19.2. The lowest BCUT2D eigenvalue weighted by Crippen LogP contribution is -2.40. The summed E-state index contributed by atoms with van der Waals surface area (Å²) in [5, 5.41) is 1.41. The molecule has 1 saturated heterocycles. The van der Waals surface area contributed by atoms with E-state index >= 15 is 0 Å². The Balaban J connectivity index is 1.75. The van der Waals surface area contributed by atoms with Gasteiger partial charge >= 0.3 is 0 Å². The van der Waals surface area contributed by atoms with Crippen LogP contribution in [0.25, 0.3) is 28.2 Å². The first-order valence-electron chi connectivity index (χ1n) is 10.1. The minimum absolute atomic E-state index is 0.0970. The monoisotopic (exact) mass is 485 g/mol. The number of halogens is 3. The lowest BCUT2D eigenvalue weighted by atomic mass is 10.0. The normalized spacial score (nSPS) is 14.2. The van der Waals surface area contributed by atoms with Crippen LogP contribution in [0.4, 0.5) is 0 Å². The third-order valence-corrected chi connectivity index (χ3v) is 6.28. The molecule has 4 aromatic rings. The maximum atomic E-state index is 13.2. The van der Waals surface area contributed by atoms with Crippen molar-refractivity contribution in [1.29, 1.82) is 0 Å². The van der Waals surface area contributed by atoms with Crippen molar-refractivity contribution in [3.8, 4) is 22.5 Å². The highest BCUT2D eigenvalue weighted by atomic mass is 35.5. The number of fused-ring (bicyclic) bond motifs is 1. The maximum Gasteiger partial charge on any atom is 0.255 e. The highest BCUT2D eigenvalue weighted by Gasteiger charge is 2.24. The van der Waals surface area contributed by atoms with Crippen molar-refractivity contribution in [2.24, 2.45) is 0 Å². The maximum absolute atomic E-state index is 13.2. The number of carbonyl (C=O) groups is 1. The number of hydrogen-bond acceptors (Lipinski definition) is 3. The van der Waals surface area contributed by atoms with Crippen molar-refractivity contribution in [3.05, 3.63) is 81.4 Å². The second-order valence-corrected chi connectivity index (χ2v) is 8.72. The topological polar surface area (TPSA) is 46.8 Å². The fraction of sp³-hybridized carbons (Fsp3) is 0.167. The average Bonchev–Trinajstić information content (AvgIpc) is 3.20. The molecule has 5 rings (SSSR count). The van der Waals surface area contributed by atoms with Crippen LogP contribution in [0.3, 0.4) is 0 Å². The molecule has 0 N–H and O–H groups in total. The number of hydrogen-bond donors (Lipinski definition) is 0. The molecule has 0 atom stereocenters. The molecular weight excluding hydrogens is 469 g/mol. The second kappa shape index (κ2) is 8.75. The quantitative estimate of drug-likeness (QED) is 0.351. The molecule has 32 heavy (non-hydrogen) atoms. The molecule has 0 bridgehead atoms. The third-order valence-electron chi connectivity index (χ3n) is 5.45. The number of nitrogens with zero attached hydrogens (tertiary/aromatic N) is 3. The van der Waals surface area contributed by atoms with Crippen molar-refractivity contribution >= 4 is 46.4 Å². The van der Waals surface area contributed by atoms with Crippen LogP contribution in [0.15, 0.2) is 60.8 Å². The van der Waals surface area contributed by atoms with Gasteiger partial charge in [0.2, 0.25) is 0 Å². The highest BCUT2D eigenvalue weighted by molar-refractivity contribution is 6.36. The van der Waals surface area contributed by atoms with Gasteiger partial charge in [-0.2, -0.15) is 0 Å². The average molecular weight is 487 g/mol. The van der Waals surface area contributed by atoms with E-state index in [0.717, 1.165) is 16.8 Å². The molecule has 5 nitrogen and oxygen atoms in total. The van der Waals surface area contributed by atoms with Gasteiger partial charge in [-0.05, 0) is 24.3 Å². The van der Waals surface area contributed by atoms with Crippen LogP contribution in [0.5, 0.6) is 0 Å². The molecule has 0 spiro atoms. The zero-order chi connectivity index (χ0) is 22.2. The first-order chi connectivity index (χ1) is 15.5. The van der Waals surface area contributed by atoms with E-state index in [4.69, 9.17) is 44.5 Å². The summed E-state index contributed by atoms with van der Waals surface area (Å²) in [6.07, 6.45) is 1.78. The minimum atomic E-state index is -0.0970. The third kappa shape index (κ3) is 3.86. The summed E-state index contributed by atoms with van der Waals surface area (Å²) in [4.78, 5) is 19.8. The van der Waals surface area contributed by atoms with E-state index in [2.05, 4.69) is 0 Å². The molecule has 162 valence electrons. The Kier molecular flexibility index (Phi) is 5.82. The Morgan fingerprint density at radius 3 is 2.41 bits per heavy atom. The molecule has 1 amide bonds. The van der Waals surface area contributed by atoms with Crippen LogP contribution in [0, 0.1) is 0 Å². The van der Waals surface area contributed by atoms with Gasteiger partial charge in [0, 0.05) is 35.4 Å². The second-order valence-electron chi connectivity index (χ2n) is 7.47. The van der Waals surface area contributed by atoms with E-state index in [-0.39, 0.29) is 5.91 Å². The van der Waals surface area contributed by atoms with E-state index in [1.807, 2.05) is 40.8 Å². The fourth-order valence-corrected chi connectivity index (χ4v) is 4.66. The largest absolute Gasteiger partial charge is 0.378 e. The number of benzene rings is 2. The van der Waals surface area contributed by atoms with E-state index in [9.17, 15) is 4.79 Å². The number of pyridine rings is 1. The van der Waals surface area contributed by atoms with Gasteiger partial charge in [0.1, 0.15) is 0 Å². The first-order valence-corrected chi connectivity index (χ1v) is 11.3. The zero-order valence-electron chi connectivity index (χ0n) is 16.9. The van der Waals surface area contributed by atoms with Crippen LogP contribution >= 0.6 is 34.8 Å². The van der Waals surface area contributed by atoms with Crippen molar-refractivity contribution in [3.63, 3.8) is 0 Å². The molecular formula is C24H18Cl3N3O2. The summed E-state index contributed by atoms with van der Waals surface area (Å²) in [5.41, 5.74) is 4.14. The standard InChI is InChI=1S/C24H18Cl3N3O2/c25-17-6-7-18(19(26)13-17)22-21(15-4-2-1-3-5-15)28-23-20(27)12-16(14-30(22)23)24(31)29-8-10-32-11-9-29/h1-7,12-14H,8-11H2. The van der Waals surface area contributed by atoms with Gasteiger partial charge in [-0.1, -0.05) is 65.1 Å². The number of amides is 1. The van der Waals surface area contributed by atoms with Gasteiger partial charge in [-0.15, -0.1) is 0 Å². The van der Waals surface area contributed by atoms with Gasteiger partial charge < -0.3 is 9.64 Å². The molecule has 3 heterocycles. The Morgan fingerprint density at radius 1 is 0.938 bits per heavy atom. The molecule has 1 fully saturated rings. The number of ether oxygens (including phenoxy) is 1. The van der Waals surface area contributed by atoms with Gasteiger partial charge in [-0.25, -0.2) is 4.98 Å². The fourth-order valence-electron chi connectivity index (χ4n) is 3.91. The number of aromatic nitrogens is 2. The first kappa shape index (κ1) is 21.3. The van der Waals surface area contributed by atoms with Crippen molar-refractivity contribution < 1.29 is 9.53 Å². The van der Waals surface area contributed by atoms with Crippen LogP contribution < -0.4 is 0 Å². The predicted octanol–water partition coefficient (Wildman–Crippen LogP) is 6.10. The summed E-state index contributed by atoms with van der Waals surface area (Å²) in [7, 11) is 0. The minimum Gasteiger partial charge on any atom is -0.378 e. The lowest BCUT2D eigenvalue weighted by molar-refractivity contribution is 0.0302. The molecule has 0 aliphatic carbocycles. The number of rotatable bonds is 3. The number of morpholine rings is 1. The van der Waals surface area contributed by atoms with Crippen molar-refractivity contribution in [1.82, 2.24) is 14.3 Å². The van der Waals surface area contributed by atoms with Crippen LogP contribution in [0.1, 0.15) is 10.4 Å². The Morgan fingerprint density at radius 2 is 1.69 bits per heavy atom. The van der Waals surface area contributed by atoms with E-state index in [0.29, 0.717) is 58.3 Å². The lowest BCUT2D eigenvalue weighted by Gasteiger charge is -2.27. The summed E-state index contributed by atoms with van der Waals surface area (Å²) in [6, 6.07) is 16.8. The van der Waals surface area contributed by atoms with Crippen LogP contribution in [-0.2, 0) is 4.74 Å². The molecule has 0 unspecified atom stereocenters. The van der Waals surface area contributed by atoms with Crippen molar-refractivity contribution in [2.45, 2.75) is 0 Å². The molecule has 0 radical (unpaired) electrons. The Bertz CT molecular complexity index is 1320. The van der Waals surface area contributed by atoms with Crippen molar-refractivity contribution in [2.75, 3.05) is 26.3 Å². The smallest absolute Gasteiger partial charge is 0.255 e. The van der Waals surface area contributed by atoms with Gasteiger partial charge in [0.25, 0.3) is 5.91 Å². The van der Waals surface area contributed by atoms with E-state index in [1.165, 1.54) is 0 Å². The summed E-state index contributed by atoms with van der Waals surface area (Å²) >= 11 is 19.4. The highest BCUT2D eigenvalue weighted by Crippen LogP contribution is 2.39. The van der Waals surface area contributed by atoms with Crippen LogP contribution in [0.2, 0.25) is 15.1 Å². The van der Waals surface area contributed by atoms with E-state index < -0.39 is 0 Å². The molecule has 1 aliphatic heterocycles. The van der Waals surface area contributed by atoms with Gasteiger partial charge in [0.05, 0.1) is 40.2 Å². The van der Waals surface area contributed by atoms with Gasteiger partial charge in [-0.3, -0.25) is 9.20 Å². The summed E-state index contributed by atoms with van der Waals surface area (Å²) in [5.74, 6) is -0.0970. The Hall–Kier alpha value is -2.57. The predicted molar refractivity (Wildman–Crippen MR) is 128 cm³/mol. The van der Waals surface area contributed by atoms with E-state index in [1.54, 1.807) is 29.3 Å². The SMILES string of the molecule is O=C(c1cc(Cl)c2nc(-c3ccccc3)c(-c3ccc(Cl)cc3Cl)n2c1)N1CCOCC1. The molecule has 1 aliphatic rings. The van der Waals surface area contributed by atoms with Gasteiger partial charge in [0.15, 0.2) is 5.65 Å². The van der Waals surface area contributed by atoms with Crippen LogP contribution in [-0.4, -0.2) is 46.5 Å². The molecule has 0 saturated carbocycles. The molecule has 2 aromatic heterocycles. The Labute approximate surface area is 200 Å². The summed E-state index contributed by atoms with van der Waals surface area (Å²) < 4.78 is 7.21. The number of imidazole rings is 1. The summed E-state index contributed by atoms with van der Waals surface area (Å²) in [6.45, 7) is 2.14. The molecule has 8 heteroatoms. The molecule has 2 aromatic carbocycles. The number of carbonyl (C=O) groups excluding carboxylic acids is 1.